The number of rotatable bonds is 11. The Labute approximate surface area is 222 Å². The third-order valence-corrected chi connectivity index (χ3v) is 6.12. The number of carbonyl (C=O) groups excluding carboxylic acids is 2. The van der Waals surface area contributed by atoms with Crippen molar-refractivity contribution >= 4 is 35.0 Å². The molecular formula is C29H33N3O6. The van der Waals surface area contributed by atoms with Crippen molar-refractivity contribution in [3.63, 3.8) is 0 Å². The van der Waals surface area contributed by atoms with Gasteiger partial charge in [0.1, 0.15) is 5.75 Å². The van der Waals surface area contributed by atoms with E-state index in [0.717, 1.165) is 16.8 Å². The molecule has 1 atom stereocenters. The molecule has 9 nitrogen and oxygen atoms in total. The highest BCUT2D eigenvalue weighted by atomic mass is 16.5. The number of amides is 3. The molecule has 3 rings (SSSR count). The van der Waals surface area contributed by atoms with Gasteiger partial charge in [-0.05, 0) is 60.4 Å². The molecule has 0 aliphatic rings. The fourth-order valence-electron chi connectivity index (χ4n) is 4.04. The van der Waals surface area contributed by atoms with Crippen molar-refractivity contribution in [1.29, 1.82) is 0 Å². The van der Waals surface area contributed by atoms with Crippen LogP contribution in [0.1, 0.15) is 35.6 Å². The minimum Gasteiger partial charge on any atom is -0.495 e. The third kappa shape index (κ3) is 7.57. The van der Waals surface area contributed by atoms with Gasteiger partial charge in [0.25, 0.3) is 0 Å². The first-order valence-electron chi connectivity index (χ1n) is 12.1. The summed E-state index contributed by atoms with van der Waals surface area (Å²) in [6.07, 6.45) is 0.137. The van der Waals surface area contributed by atoms with Crippen LogP contribution in [0.15, 0.2) is 66.7 Å². The Morgan fingerprint density at radius 1 is 0.974 bits per heavy atom. The molecule has 0 fully saturated rings. The summed E-state index contributed by atoms with van der Waals surface area (Å²) in [5, 5.41) is 14.6. The maximum atomic E-state index is 12.8. The lowest BCUT2D eigenvalue weighted by atomic mass is 10.0. The zero-order valence-electron chi connectivity index (χ0n) is 22.0. The first kappa shape index (κ1) is 28.2. The van der Waals surface area contributed by atoms with Crippen LogP contribution in [0.2, 0.25) is 0 Å². The van der Waals surface area contributed by atoms with Gasteiger partial charge in [0.05, 0.1) is 25.3 Å². The van der Waals surface area contributed by atoms with Gasteiger partial charge in [0.2, 0.25) is 5.91 Å². The highest BCUT2D eigenvalue weighted by Crippen LogP contribution is 2.28. The maximum absolute atomic E-state index is 12.8. The predicted molar refractivity (Wildman–Crippen MR) is 147 cm³/mol. The highest BCUT2D eigenvalue weighted by molar-refractivity contribution is 6.02. The van der Waals surface area contributed by atoms with E-state index in [9.17, 15) is 14.4 Å². The van der Waals surface area contributed by atoms with Crippen LogP contribution in [0, 0.1) is 6.92 Å². The van der Waals surface area contributed by atoms with E-state index in [2.05, 4.69) is 10.6 Å². The molecule has 0 spiro atoms. The first-order chi connectivity index (χ1) is 18.2. The van der Waals surface area contributed by atoms with Crippen molar-refractivity contribution in [2.75, 3.05) is 36.8 Å². The van der Waals surface area contributed by atoms with Crippen LogP contribution in [0.25, 0.3) is 0 Å². The van der Waals surface area contributed by atoms with E-state index >= 15 is 0 Å². The number of hydrogen-bond acceptors (Lipinski definition) is 5. The normalized spacial score (nSPS) is 11.4. The number of carbonyl (C=O) groups is 3. The number of benzene rings is 3. The monoisotopic (exact) mass is 519 g/mol. The van der Waals surface area contributed by atoms with E-state index in [4.69, 9.17) is 14.6 Å². The summed E-state index contributed by atoms with van der Waals surface area (Å²) in [4.78, 5) is 37.8. The number of nitrogens with zero attached hydrogens (tertiary/aromatic N) is 1. The summed E-state index contributed by atoms with van der Waals surface area (Å²) >= 11 is 0. The topological polar surface area (TPSA) is 117 Å². The number of hydrogen-bond donors (Lipinski definition) is 3. The average Bonchev–Trinajstić information content (AvgIpc) is 2.90. The molecular weight excluding hydrogens is 486 g/mol. The van der Waals surface area contributed by atoms with Gasteiger partial charge in [-0.2, -0.15) is 0 Å². The van der Waals surface area contributed by atoms with Crippen LogP contribution in [-0.4, -0.2) is 44.3 Å². The Morgan fingerprint density at radius 2 is 1.68 bits per heavy atom. The maximum Gasteiger partial charge on any atom is 0.326 e. The lowest BCUT2D eigenvalue weighted by molar-refractivity contribution is -0.137. The second-order valence-corrected chi connectivity index (χ2v) is 8.81. The number of nitrogens with one attached hydrogen (secondary N) is 2. The van der Waals surface area contributed by atoms with Gasteiger partial charge >= 0.3 is 12.0 Å². The van der Waals surface area contributed by atoms with Crippen LogP contribution >= 0.6 is 0 Å². The van der Waals surface area contributed by atoms with Gasteiger partial charge in [0.15, 0.2) is 0 Å². The molecule has 0 bridgehead atoms. The fourth-order valence-corrected chi connectivity index (χ4v) is 4.04. The number of carboxylic acid groups (broad SMARTS) is 1. The van der Waals surface area contributed by atoms with Crippen LogP contribution in [0.3, 0.4) is 0 Å². The first-order valence-corrected chi connectivity index (χ1v) is 12.1. The molecule has 3 N–H and O–H groups in total. The van der Waals surface area contributed by atoms with E-state index < -0.39 is 5.97 Å². The second kappa shape index (κ2) is 13.3. The molecule has 0 aromatic heterocycles. The minimum absolute atomic E-state index is 0.00627. The molecule has 0 aliphatic heterocycles. The SMILES string of the molecule is COc1cc(CC(=O)Nc2ccc(C(CCC(=O)O)OC)cc2)ccc1NC(=O)N(C)c1ccccc1C. The Kier molecular flexibility index (Phi) is 9.84. The van der Waals surface area contributed by atoms with E-state index in [1.54, 1.807) is 49.5 Å². The van der Waals surface area contributed by atoms with Crippen molar-refractivity contribution in [1.82, 2.24) is 0 Å². The van der Waals surface area contributed by atoms with Gasteiger partial charge in [-0.15, -0.1) is 0 Å². The van der Waals surface area contributed by atoms with Crippen LogP contribution < -0.4 is 20.3 Å². The Hall–Kier alpha value is -4.37. The van der Waals surface area contributed by atoms with E-state index in [1.165, 1.54) is 19.1 Å². The van der Waals surface area contributed by atoms with Gasteiger partial charge < -0.3 is 25.2 Å². The van der Waals surface area contributed by atoms with E-state index in [-0.39, 0.29) is 30.9 Å². The molecule has 9 heteroatoms. The summed E-state index contributed by atoms with van der Waals surface area (Å²) < 4.78 is 10.9. The van der Waals surface area contributed by atoms with E-state index in [1.807, 2.05) is 31.2 Å². The molecule has 3 aromatic carbocycles. The fraction of sp³-hybridized carbons (Fsp3) is 0.276. The van der Waals surface area contributed by atoms with Crippen LogP contribution in [0.5, 0.6) is 5.75 Å². The Morgan fingerprint density at radius 3 is 2.32 bits per heavy atom. The van der Waals surface area contributed by atoms with Crippen molar-refractivity contribution in [3.05, 3.63) is 83.4 Å². The smallest absolute Gasteiger partial charge is 0.326 e. The van der Waals surface area contributed by atoms with Gasteiger partial charge in [-0.25, -0.2) is 4.79 Å². The molecule has 1 unspecified atom stereocenters. The van der Waals surface area contributed by atoms with Crippen molar-refractivity contribution in [2.24, 2.45) is 0 Å². The van der Waals surface area contributed by atoms with Crippen LogP contribution in [-0.2, 0) is 20.7 Å². The lowest BCUT2D eigenvalue weighted by Gasteiger charge is -2.21. The average molecular weight is 520 g/mol. The summed E-state index contributed by atoms with van der Waals surface area (Å²) in [7, 11) is 4.74. The standard InChI is InChI=1S/C29H33N3O6/c1-19-7-5-6-8-24(19)32(2)29(36)31-23-14-9-20(17-26(23)38-4)18-27(33)30-22-12-10-21(11-13-22)25(37-3)15-16-28(34)35/h5-14,17,25H,15-16,18H2,1-4H3,(H,30,33)(H,31,36)(H,34,35). The minimum atomic E-state index is -0.877. The Balaban J connectivity index is 1.61. The molecule has 0 heterocycles. The molecule has 0 radical (unpaired) electrons. The number of para-hydroxylation sites is 1. The Bertz CT molecular complexity index is 1280. The molecule has 0 saturated carbocycles. The van der Waals surface area contributed by atoms with Crippen molar-refractivity contribution in [2.45, 2.75) is 32.3 Å². The number of anilines is 3. The summed E-state index contributed by atoms with van der Waals surface area (Å²) in [6.45, 7) is 1.94. The number of ether oxygens (including phenoxy) is 2. The molecule has 0 aliphatic carbocycles. The lowest BCUT2D eigenvalue weighted by Crippen LogP contribution is -2.31. The zero-order valence-corrected chi connectivity index (χ0v) is 22.0. The molecule has 200 valence electrons. The van der Waals surface area contributed by atoms with Gasteiger partial charge in [0, 0.05) is 32.0 Å². The van der Waals surface area contributed by atoms with E-state index in [0.29, 0.717) is 29.1 Å². The number of carboxylic acids is 1. The van der Waals surface area contributed by atoms with Gasteiger partial charge in [-0.3, -0.25) is 14.5 Å². The molecule has 0 saturated heterocycles. The van der Waals surface area contributed by atoms with Crippen LogP contribution in [0.4, 0.5) is 21.9 Å². The molecule has 3 amide bonds. The predicted octanol–water partition coefficient (Wildman–Crippen LogP) is 5.41. The summed E-state index contributed by atoms with van der Waals surface area (Å²) in [6, 6.07) is 19.6. The third-order valence-electron chi connectivity index (χ3n) is 6.12. The largest absolute Gasteiger partial charge is 0.495 e. The highest BCUT2D eigenvalue weighted by Gasteiger charge is 2.16. The second-order valence-electron chi connectivity index (χ2n) is 8.81. The number of methoxy groups -OCH3 is 2. The number of aryl methyl sites for hydroxylation is 1. The number of aliphatic carboxylic acids is 1. The summed E-state index contributed by atoms with van der Waals surface area (Å²) in [5.41, 5.74) is 4.43. The van der Waals surface area contributed by atoms with Crippen molar-refractivity contribution < 1.29 is 29.0 Å². The van der Waals surface area contributed by atoms with Crippen molar-refractivity contribution in [3.8, 4) is 5.75 Å². The number of urea groups is 1. The molecule has 3 aromatic rings. The zero-order chi connectivity index (χ0) is 27.7. The quantitative estimate of drug-likeness (QED) is 0.312. The molecule has 38 heavy (non-hydrogen) atoms. The summed E-state index contributed by atoms with van der Waals surface area (Å²) in [5.74, 6) is -0.652. The van der Waals surface area contributed by atoms with Gasteiger partial charge in [-0.1, -0.05) is 36.4 Å².